The van der Waals surface area contributed by atoms with E-state index in [9.17, 15) is 10.1 Å². The highest BCUT2D eigenvalue weighted by Crippen LogP contribution is 2.36. The summed E-state index contributed by atoms with van der Waals surface area (Å²) in [5.74, 6) is 0.952. The van der Waals surface area contributed by atoms with Crippen LogP contribution in [0.3, 0.4) is 0 Å². The highest BCUT2D eigenvalue weighted by molar-refractivity contribution is 7.99. The van der Waals surface area contributed by atoms with Gasteiger partial charge in [0.1, 0.15) is 10.9 Å². The van der Waals surface area contributed by atoms with E-state index < -0.39 is 4.92 Å². The van der Waals surface area contributed by atoms with E-state index >= 15 is 0 Å². The van der Waals surface area contributed by atoms with Crippen molar-refractivity contribution in [1.29, 1.82) is 5.26 Å². The molecule has 1 aromatic heterocycles. The lowest BCUT2D eigenvalue weighted by atomic mass is 10.1. The molecule has 2 rings (SSSR count). The number of aromatic nitrogens is 2. The number of nitriles is 1. The number of imidazole rings is 1. The number of rotatable bonds is 6. The molecule has 0 radical (unpaired) electrons. The van der Waals surface area contributed by atoms with Crippen molar-refractivity contribution < 1.29 is 4.92 Å². The van der Waals surface area contributed by atoms with Crippen LogP contribution in [0.25, 0.3) is 0 Å². The molecule has 0 saturated carbocycles. The molecule has 0 aliphatic carbocycles. The van der Waals surface area contributed by atoms with E-state index in [0.29, 0.717) is 6.54 Å². The average molecular weight is 330 g/mol. The van der Waals surface area contributed by atoms with Gasteiger partial charge < -0.3 is 4.57 Å². The summed E-state index contributed by atoms with van der Waals surface area (Å²) in [5, 5.41) is 20.9. The molecule has 0 bridgehead atoms. The summed E-state index contributed by atoms with van der Waals surface area (Å²) in [7, 11) is 0. The first-order valence-corrected chi connectivity index (χ1v) is 8.18. The fourth-order valence-corrected chi connectivity index (χ4v) is 3.57. The first kappa shape index (κ1) is 17.0. The van der Waals surface area contributed by atoms with Gasteiger partial charge in [-0.15, -0.1) is 0 Å². The molecular weight excluding hydrogens is 312 g/mol. The van der Waals surface area contributed by atoms with Gasteiger partial charge in [0.15, 0.2) is 0 Å². The Labute approximate surface area is 139 Å². The van der Waals surface area contributed by atoms with Crippen molar-refractivity contribution >= 4 is 17.4 Å². The molecule has 0 aliphatic heterocycles. The van der Waals surface area contributed by atoms with Crippen LogP contribution in [-0.2, 0) is 13.0 Å². The summed E-state index contributed by atoms with van der Waals surface area (Å²) in [5.41, 5.74) is 0.995. The lowest BCUT2D eigenvalue weighted by Gasteiger charge is -2.10. The molecule has 0 saturated heterocycles. The topological polar surface area (TPSA) is 84.8 Å². The Morgan fingerprint density at radius 1 is 1.48 bits per heavy atom. The lowest BCUT2D eigenvalue weighted by Crippen LogP contribution is -2.02. The van der Waals surface area contributed by atoms with Crippen molar-refractivity contribution in [1.82, 2.24) is 9.55 Å². The van der Waals surface area contributed by atoms with E-state index in [1.807, 2.05) is 17.6 Å². The molecule has 0 atom stereocenters. The number of hydrogen-bond acceptors (Lipinski definition) is 5. The third kappa shape index (κ3) is 3.71. The van der Waals surface area contributed by atoms with Gasteiger partial charge >= 0.3 is 0 Å². The monoisotopic (exact) mass is 330 g/mol. The Morgan fingerprint density at radius 2 is 2.22 bits per heavy atom. The van der Waals surface area contributed by atoms with Gasteiger partial charge in [0.25, 0.3) is 5.69 Å². The lowest BCUT2D eigenvalue weighted by molar-refractivity contribution is -0.385. The van der Waals surface area contributed by atoms with Gasteiger partial charge in [0.05, 0.1) is 23.1 Å². The molecule has 120 valence electrons. The van der Waals surface area contributed by atoms with Gasteiger partial charge in [0, 0.05) is 23.6 Å². The standard InChI is InChI=1S/C16H18N4O2S/c1-4-19-14(8-9-17)18-15(11(2)3)16(19)23-13-7-5-6-12(10-13)20(21)22/h5-7,10-11H,4,8H2,1-3H3. The zero-order valence-corrected chi connectivity index (χ0v) is 14.1. The first-order valence-electron chi connectivity index (χ1n) is 7.36. The zero-order valence-electron chi connectivity index (χ0n) is 13.3. The highest BCUT2D eigenvalue weighted by Gasteiger charge is 2.20. The van der Waals surface area contributed by atoms with Crippen molar-refractivity contribution in [2.75, 3.05) is 0 Å². The van der Waals surface area contributed by atoms with E-state index in [4.69, 9.17) is 5.26 Å². The van der Waals surface area contributed by atoms with Gasteiger partial charge in [0.2, 0.25) is 0 Å². The van der Waals surface area contributed by atoms with Gasteiger partial charge in [-0.05, 0) is 18.9 Å². The largest absolute Gasteiger partial charge is 0.322 e. The van der Waals surface area contributed by atoms with E-state index in [1.54, 1.807) is 12.1 Å². The van der Waals surface area contributed by atoms with Crippen LogP contribution in [0.4, 0.5) is 5.69 Å². The summed E-state index contributed by atoms with van der Waals surface area (Å²) in [4.78, 5) is 15.9. The van der Waals surface area contributed by atoms with Gasteiger partial charge in [-0.25, -0.2) is 4.98 Å². The predicted molar refractivity (Wildman–Crippen MR) is 88.5 cm³/mol. The maximum atomic E-state index is 10.9. The first-order chi connectivity index (χ1) is 11.0. The van der Waals surface area contributed by atoms with E-state index in [2.05, 4.69) is 24.9 Å². The van der Waals surface area contributed by atoms with E-state index in [0.717, 1.165) is 21.4 Å². The van der Waals surface area contributed by atoms with Crippen LogP contribution < -0.4 is 0 Å². The van der Waals surface area contributed by atoms with Crippen molar-refractivity contribution in [3.05, 3.63) is 45.9 Å². The van der Waals surface area contributed by atoms with E-state index in [-0.39, 0.29) is 18.0 Å². The maximum absolute atomic E-state index is 10.9. The van der Waals surface area contributed by atoms with Crippen molar-refractivity contribution in [2.45, 2.75) is 49.6 Å². The summed E-state index contributed by atoms with van der Waals surface area (Å²) in [6.45, 7) is 6.81. The highest BCUT2D eigenvalue weighted by atomic mass is 32.2. The second kappa shape index (κ2) is 7.29. The molecule has 23 heavy (non-hydrogen) atoms. The Bertz CT molecular complexity index is 762. The van der Waals surface area contributed by atoms with E-state index in [1.165, 1.54) is 17.8 Å². The summed E-state index contributed by atoms with van der Waals surface area (Å²) >= 11 is 1.46. The maximum Gasteiger partial charge on any atom is 0.270 e. The predicted octanol–water partition coefficient (Wildman–Crippen LogP) is 4.15. The minimum atomic E-state index is -0.397. The van der Waals surface area contributed by atoms with Crippen molar-refractivity contribution in [2.24, 2.45) is 0 Å². The average Bonchev–Trinajstić information content (AvgIpc) is 2.85. The third-order valence-corrected chi connectivity index (χ3v) is 4.48. The zero-order chi connectivity index (χ0) is 17.0. The minimum Gasteiger partial charge on any atom is -0.322 e. The molecule has 0 fully saturated rings. The molecule has 0 unspecified atom stereocenters. The molecule has 0 N–H and O–H groups in total. The summed E-state index contributed by atoms with van der Waals surface area (Å²) < 4.78 is 2.02. The number of hydrogen-bond donors (Lipinski definition) is 0. The quantitative estimate of drug-likeness (QED) is 0.586. The Hall–Kier alpha value is -2.33. The second-order valence-electron chi connectivity index (χ2n) is 5.31. The molecule has 7 heteroatoms. The molecule has 0 amide bonds. The third-order valence-electron chi connectivity index (χ3n) is 3.37. The number of non-ortho nitro benzene ring substituents is 1. The molecule has 1 heterocycles. The van der Waals surface area contributed by atoms with Crippen LogP contribution in [0.5, 0.6) is 0 Å². The Morgan fingerprint density at radius 3 is 2.78 bits per heavy atom. The number of nitro benzene ring substituents is 1. The van der Waals surface area contributed by atoms with Crippen LogP contribution in [0.1, 0.15) is 38.2 Å². The SMILES string of the molecule is CCn1c(CC#N)nc(C(C)C)c1Sc1cccc([N+](=O)[O-])c1. The summed E-state index contributed by atoms with van der Waals surface area (Å²) in [6.07, 6.45) is 0.253. The fourth-order valence-electron chi connectivity index (χ4n) is 2.29. The molecule has 0 aliphatic rings. The molecule has 0 spiro atoms. The fraction of sp³-hybridized carbons (Fsp3) is 0.375. The van der Waals surface area contributed by atoms with Gasteiger partial charge in [-0.1, -0.05) is 31.7 Å². The number of benzene rings is 1. The van der Waals surface area contributed by atoms with Gasteiger partial charge in [-0.3, -0.25) is 10.1 Å². The van der Waals surface area contributed by atoms with Gasteiger partial charge in [-0.2, -0.15) is 5.26 Å². The number of nitrogens with zero attached hydrogens (tertiary/aromatic N) is 4. The molecule has 1 aromatic carbocycles. The summed E-state index contributed by atoms with van der Waals surface area (Å²) in [6, 6.07) is 8.71. The molecule has 6 nitrogen and oxygen atoms in total. The van der Waals surface area contributed by atoms with Crippen molar-refractivity contribution in [3.8, 4) is 6.07 Å². The van der Waals surface area contributed by atoms with Crippen LogP contribution in [-0.4, -0.2) is 14.5 Å². The van der Waals surface area contributed by atoms with Crippen LogP contribution >= 0.6 is 11.8 Å². The number of nitro groups is 1. The normalized spacial score (nSPS) is 10.7. The van der Waals surface area contributed by atoms with Crippen molar-refractivity contribution in [3.63, 3.8) is 0 Å². The van der Waals surface area contributed by atoms with Crippen LogP contribution in [0.15, 0.2) is 34.2 Å². The van der Waals surface area contributed by atoms with Crippen LogP contribution in [0, 0.1) is 21.4 Å². The Kier molecular flexibility index (Phi) is 5.40. The van der Waals surface area contributed by atoms with Crippen LogP contribution in [0.2, 0.25) is 0 Å². The molecule has 2 aromatic rings. The smallest absolute Gasteiger partial charge is 0.270 e. The minimum absolute atomic E-state index is 0.0703. The Balaban J connectivity index is 2.47. The molecular formula is C16H18N4O2S. The second-order valence-corrected chi connectivity index (χ2v) is 6.37.